The zero-order valence-electron chi connectivity index (χ0n) is 17.5. The van der Waals surface area contributed by atoms with Crippen LogP contribution in [0.25, 0.3) is 10.9 Å². The third kappa shape index (κ3) is 5.31. The fraction of sp³-hybridized carbons (Fsp3) is 0.120. The zero-order valence-corrected chi connectivity index (χ0v) is 18.3. The van der Waals surface area contributed by atoms with E-state index in [4.69, 9.17) is 21.7 Å². The number of aromatic nitrogens is 1. The summed E-state index contributed by atoms with van der Waals surface area (Å²) >= 11 is 5.46. The normalized spacial score (nSPS) is 10.6. The van der Waals surface area contributed by atoms with Gasteiger partial charge in [-0.1, -0.05) is 24.3 Å². The molecule has 0 aliphatic rings. The van der Waals surface area contributed by atoms with Crippen molar-refractivity contribution in [1.29, 1.82) is 0 Å². The van der Waals surface area contributed by atoms with Gasteiger partial charge in [0.15, 0.2) is 5.11 Å². The maximum absolute atomic E-state index is 13.0. The van der Waals surface area contributed by atoms with E-state index in [1.54, 1.807) is 25.4 Å². The summed E-state index contributed by atoms with van der Waals surface area (Å²) in [5.41, 5.74) is 3.61. The molecule has 0 atom stereocenters. The molecule has 0 aliphatic heterocycles. The molecule has 0 unspecified atom stereocenters. The van der Waals surface area contributed by atoms with Crippen molar-refractivity contribution in [2.75, 3.05) is 12.4 Å². The van der Waals surface area contributed by atoms with E-state index in [0.29, 0.717) is 24.0 Å². The molecular formula is C25H22FN3O2S. The molecule has 1 aromatic heterocycles. The number of rotatable bonds is 7. The van der Waals surface area contributed by atoms with Crippen LogP contribution in [-0.4, -0.2) is 17.2 Å². The number of anilines is 1. The van der Waals surface area contributed by atoms with Crippen LogP contribution in [0.5, 0.6) is 11.5 Å². The summed E-state index contributed by atoms with van der Waals surface area (Å²) in [4.78, 5) is 4.40. The van der Waals surface area contributed by atoms with Gasteiger partial charge in [-0.3, -0.25) is 4.98 Å². The van der Waals surface area contributed by atoms with Crippen LogP contribution < -0.4 is 20.1 Å². The van der Waals surface area contributed by atoms with Gasteiger partial charge >= 0.3 is 0 Å². The molecular weight excluding hydrogens is 425 g/mol. The van der Waals surface area contributed by atoms with Crippen LogP contribution in [0.3, 0.4) is 0 Å². The highest BCUT2D eigenvalue weighted by Gasteiger charge is 2.08. The van der Waals surface area contributed by atoms with Crippen LogP contribution in [0.4, 0.5) is 10.1 Å². The molecule has 32 heavy (non-hydrogen) atoms. The van der Waals surface area contributed by atoms with Gasteiger partial charge in [0, 0.05) is 23.8 Å². The Hall–Kier alpha value is -3.71. The second-order valence-electron chi connectivity index (χ2n) is 7.08. The molecule has 5 nitrogen and oxygen atoms in total. The molecule has 7 heteroatoms. The van der Waals surface area contributed by atoms with Gasteiger partial charge < -0.3 is 20.1 Å². The monoisotopic (exact) mass is 447 g/mol. The molecule has 0 fully saturated rings. The number of thiocarbonyl (C=S) groups is 1. The van der Waals surface area contributed by atoms with E-state index < -0.39 is 0 Å². The van der Waals surface area contributed by atoms with Gasteiger partial charge in [0.2, 0.25) is 0 Å². The maximum atomic E-state index is 13.0. The van der Waals surface area contributed by atoms with Crippen LogP contribution in [0.1, 0.15) is 11.1 Å². The largest absolute Gasteiger partial charge is 0.494 e. The maximum Gasteiger partial charge on any atom is 0.171 e. The van der Waals surface area contributed by atoms with E-state index >= 15 is 0 Å². The lowest BCUT2D eigenvalue weighted by atomic mass is 10.1. The van der Waals surface area contributed by atoms with E-state index in [1.807, 2.05) is 48.5 Å². The molecule has 0 spiro atoms. The molecule has 3 aromatic carbocycles. The summed E-state index contributed by atoms with van der Waals surface area (Å²) < 4.78 is 24.1. The number of ether oxygens (including phenoxy) is 2. The number of hydrogen-bond acceptors (Lipinski definition) is 4. The number of halogens is 1. The fourth-order valence-electron chi connectivity index (χ4n) is 3.22. The molecule has 0 radical (unpaired) electrons. The molecule has 2 N–H and O–H groups in total. The molecule has 0 bridgehead atoms. The van der Waals surface area contributed by atoms with Crippen molar-refractivity contribution in [1.82, 2.24) is 10.3 Å². The average Bonchev–Trinajstić information content (AvgIpc) is 2.83. The third-order valence-electron chi connectivity index (χ3n) is 4.90. The first kappa shape index (κ1) is 21.5. The van der Waals surface area contributed by atoms with Crippen molar-refractivity contribution in [2.24, 2.45) is 0 Å². The molecule has 1 heterocycles. The molecule has 4 rings (SSSR count). The Labute approximate surface area is 191 Å². The van der Waals surface area contributed by atoms with Crippen LogP contribution in [-0.2, 0) is 13.2 Å². The highest BCUT2D eigenvalue weighted by molar-refractivity contribution is 7.80. The van der Waals surface area contributed by atoms with Gasteiger partial charge in [-0.2, -0.15) is 0 Å². The quantitative estimate of drug-likeness (QED) is 0.368. The number of benzene rings is 3. The number of nitrogens with one attached hydrogen (secondary N) is 2. The molecule has 4 aromatic rings. The van der Waals surface area contributed by atoms with Gasteiger partial charge in [0.25, 0.3) is 0 Å². The Morgan fingerprint density at radius 1 is 0.969 bits per heavy atom. The van der Waals surface area contributed by atoms with Gasteiger partial charge in [0.1, 0.15) is 29.4 Å². The first-order valence-electron chi connectivity index (χ1n) is 10.0. The van der Waals surface area contributed by atoms with Gasteiger partial charge in [-0.05, 0) is 71.9 Å². The molecule has 0 saturated carbocycles. The molecule has 0 amide bonds. The van der Waals surface area contributed by atoms with Crippen molar-refractivity contribution in [2.45, 2.75) is 13.2 Å². The number of methoxy groups -OCH3 is 1. The van der Waals surface area contributed by atoms with E-state index in [2.05, 4.69) is 15.6 Å². The van der Waals surface area contributed by atoms with E-state index in [-0.39, 0.29) is 5.82 Å². The van der Waals surface area contributed by atoms with Crippen molar-refractivity contribution < 1.29 is 13.9 Å². The highest BCUT2D eigenvalue weighted by atomic mass is 32.1. The zero-order chi connectivity index (χ0) is 22.3. The first-order valence-corrected chi connectivity index (χ1v) is 10.5. The lowest BCUT2D eigenvalue weighted by Crippen LogP contribution is -2.27. The smallest absolute Gasteiger partial charge is 0.171 e. The molecule has 0 aliphatic carbocycles. The van der Waals surface area contributed by atoms with E-state index in [0.717, 1.165) is 33.5 Å². The Balaban J connectivity index is 1.31. The minimum absolute atomic E-state index is 0.255. The summed E-state index contributed by atoms with van der Waals surface area (Å²) in [6.07, 6.45) is 1.73. The van der Waals surface area contributed by atoms with Crippen molar-refractivity contribution >= 4 is 33.9 Å². The Kier molecular flexibility index (Phi) is 6.77. The van der Waals surface area contributed by atoms with Crippen molar-refractivity contribution in [3.05, 3.63) is 95.9 Å². The van der Waals surface area contributed by atoms with Crippen LogP contribution in [0.15, 0.2) is 79.0 Å². The summed E-state index contributed by atoms with van der Waals surface area (Å²) in [6, 6.07) is 21.7. The fourth-order valence-corrected chi connectivity index (χ4v) is 3.40. The summed E-state index contributed by atoms with van der Waals surface area (Å²) in [6.45, 7) is 0.951. The summed E-state index contributed by atoms with van der Waals surface area (Å²) in [5.74, 6) is 1.21. The molecule has 0 saturated heterocycles. The topological polar surface area (TPSA) is 55.4 Å². The van der Waals surface area contributed by atoms with E-state index in [1.165, 1.54) is 12.1 Å². The second-order valence-corrected chi connectivity index (χ2v) is 7.49. The highest BCUT2D eigenvalue weighted by Crippen LogP contribution is 2.29. The van der Waals surface area contributed by atoms with Gasteiger partial charge in [0.05, 0.1) is 7.11 Å². The Bertz CT molecular complexity index is 1210. The van der Waals surface area contributed by atoms with Crippen LogP contribution in [0, 0.1) is 5.82 Å². The number of pyridine rings is 1. The minimum atomic E-state index is -0.255. The standard InChI is InChI=1S/C25H22FN3O2S/c1-30-23-13-12-22(21-3-2-14-27-24(21)23)29-25(32)28-15-17-6-10-20(11-7-17)31-16-18-4-8-19(26)9-5-18/h2-14H,15-16H2,1H3,(H2,28,29,32). The molecule has 162 valence electrons. The summed E-state index contributed by atoms with van der Waals surface area (Å²) in [7, 11) is 1.63. The lowest BCUT2D eigenvalue weighted by Gasteiger charge is -2.14. The van der Waals surface area contributed by atoms with Crippen LogP contribution >= 0.6 is 12.2 Å². The SMILES string of the molecule is COc1ccc(NC(=S)NCc2ccc(OCc3ccc(F)cc3)cc2)c2cccnc12. The van der Waals surface area contributed by atoms with Crippen molar-refractivity contribution in [3.8, 4) is 11.5 Å². The average molecular weight is 448 g/mol. The van der Waals surface area contributed by atoms with Crippen molar-refractivity contribution in [3.63, 3.8) is 0 Å². The Morgan fingerprint density at radius 3 is 2.47 bits per heavy atom. The van der Waals surface area contributed by atoms with Gasteiger partial charge in [-0.25, -0.2) is 4.39 Å². The predicted molar refractivity (Wildman–Crippen MR) is 129 cm³/mol. The van der Waals surface area contributed by atoms with E-state index in [9.17, 15) is 4.39 Å². The first-order chi connectivity index (χ1) is 15.6. The number of fused-ring (bicyclic) bond motifs is 1. The van der Waals surface area contributed by atoms with Crippen LogP contribution in [0.2, 0.25) is 0 Å². The summed E-state index contributed by atoms with van der Waals surface area (Å²) in [5, 5.41) is 7.89. The van der Waals surface area contributed by atoms with Gasteiger partial charge in [-0.15, -0.1) is 0 Å². The predicted octanol–water partition coefficient (Wildman–Crippen LogP) is 5.45. The lowest BCUT2D eigenvalue weighted by molar-refractivity contribution is 0.306. The second kappa shape index (κ2) is 10.1. The minimum Gasteiger partial charge on any atom is -0.494 e. The number of hydrogen-bond donors (Lipinski definition) is 2. The Morgan fingerprint density at radius 2 is 1.72 bits per heavy atom. The third-order valence-corrected chi connectivity index (χ3v) is 5.14. The number of nitrogens with zero attached hydrogens (tertiary/aromatic N) is 1.